The van der Waals surface area contributed by atoms with Crippen LogP contribution in [0, 0.1) is 6.92 Å². The van der Waals surface area contributed by atoms with Gasteiger partial charge in [-0.2, -0.15) is 0 Å². The van der Waals surface area contributed by atoms with Crippen LogP contribution in [-0.4, -0.2) is 36.4 Å². The first-order valence-corrected chi connectivity index (χ1v) is 8.47. The molecular weight excluding hydrogens is 316 g/mol. The van der Waals surface area contributed by atoms with Gasteiger partial charge < -0.3 is 15.0 Å². The number of aryl methyl sites for hydroxylation is 1. The predicted molar refractivity (Wildman–Crippen MR) is 95.2 cm³/mol. The molecule has 3 rings (SSSR count). The molecule has 1 aliphatic heterocycles. The van der Waals surface area contributed by atoms with E-state index in [0.717, 1.165) is 16.9 Å². The zero-order valence-corrected chi connectivity index (χ0v) is 14.3. The summed E-state index contributed by atoms with van der Waals surface area (Å²) in [6.07, 6.45) is 0.241. The van der Waals surface area contributed by atoms with Gasteiger partial charge in [0.25, 0.3) is 0 Å². The topological polar surface area (TPSA) is 58.6 Å². The van der Waals surface area contributed by atoms with Crippen molar-refractivity contribution in [2.75, 3.05) is 19.7 Å². The van der Waals surface area contributed by atoms with Crippen LogP contribution in [0.2, 0.25) is 0 Å². The molecule has 1 fully saturated rings. The number of amides is 2. The molecule has 5 heteroatoms. The summed E-state index contributed by atoms with van der Waals surface area (Å²) in [5.74, 6) is 0.533. The SMILES string of the molecule is Cc1ccc(C2C(=O)NCCN2C(=O)CCOc2ccccc2)cc1. The van der Waals surface area contributed by atoms with E-state index >= 15 is 0 Å². The monoisotopic (exact) mass is 338 g/mol. The summed E-state index contributed by atoms with van der Waals surface area (Å²) < 4.78 is 5.60. The number of piperazine rings is 1. The molecule has 25 heavy (non-hydrogen) atoms. The molecule has 5 nitrogen and oxygen atoms in total. The summed E-state index contributed by atoms with van der Waals surface area (Å²) >= 11 is 0. The lowest BCUT2D eigenvalue weighted by Gasteiger charge is -2.35. The average molecular weight is 338 g/mol. The summed E-state index contributed by atoms with van der Waals surface area (Å²) in [4.78, 5) is 26.7. The molecule has 1 N–H and O–H groups in total. The third kappa shape index (κ3) is 4.18. The van der Waals surface area contributed by atoms with Crippen molar-refractivity contribution in [3.8, 4) is 5.75 Å². The first-order chi connectivity index (χ1) is 12.1. The Bertz CT molecular complexity index is 728. The van der Waals surface area contributed by atoms with E-state index in [4.69, 9.17) is 4.74 Å². The molecule has 0 saturated carbocycles. The van der Waals surface area contributed by atoms with E-state index in [1.807, 2.05) is 61.5 Å². The molecule has 130 valence electrons. The van der Waals surface area contributed by atoms with Crippen LogP contribution < -0.4 is 10.1 Å². The van der Waals surface area contributed by atoms with Crippen molar-refractivity contribution in [3.05, 3.63) is 65.7 Å². The second-order valence-electron chi connectivity index (χ2n) is 6.10. The molecule has 1 unspecified atom stereocenters. The Morgan fingerprint density at radius 2 is 1.88 bits per heavy atom. The Kier molecular flexibility index (Phi) is 5.33. The number of ether oxygens (including phenoxy) is 1. The largest absolute Gasteiger partial charge is 0.493 e. The number of nitrogens with zero attached hydrogens (tertiary/aromatic N) is 1. The van der Waals surface area contributed by atoms with Crippen LogP contribution in [0.15, 0.2) is 54.6 Å². The normalized spacial score (nSPS) is 17.1. The molecule has 1 aliphatic rings. The van der Waals surface area contributed by atoms with Gasteiger partial charge in [0.1, 0.15) is 11.8 Å². The third-order valence-corrected chi connectivity index (χ3v) is 4.25. The van der Waals surface area contributed by atoms with Crippen LogP contribution in [0.1, 0.15) is 23.6 Å². The predicted octanol–water partition coefficient (Wildman–Crippen LogP) is 2.46. The first-order valence-electron chi connectivity index (χ1n) is 8.47. The zero-order valence-electron chi connectivity index (χ0n) is 14.3. The van der Waals surface area contributed by atoms with E-state index in [1.165, 1.54) is 0 Å². The van der Waals surface area contributed by atoms with Crippen molar-refractivity contribution in [3.63, 3.8) is 0 Å². The van der Waals surface area contributed by atoms with E-state index < -0.39 is 6.04 Å². The van der Waals surface area contributed by atoms with Crippen LogP contribution in [0.5, 0.6) is 5.75 Å². The third-order valence-electron chi connectivity index (χ3n) is 4.25. The number of hydrogen-bond acceptors (Lipinski definition) is 3. The highest BCUT2D eigenvalue weighted by Crippen LogP contribution is 2.24. The van der Waals surface area contributed by atoms with Gasteiger partial charge in [-0.1, -0.05) is 48.0 Å². The summed E-state index contributed by atoms with van der Waals surface area (Å²) in [6, 6.07) is 16.6. The first kappa shape index (κ1) is 17.0. The highest BCUT2D eigenvalue weighted by molar-refractivity contribution is 5.89. The maximum atomic E-state index is 12.7. The Labute approximate surface area is 147 Å². The summed E-state index contributed by atoms with van der Waals surface area (Å²) in [5.41, 5.74) is 1.95. The van der Waals surface area contributed by atoms with Crippen molar-refractivity contribution in [2.45, 2.75) is 19.4 Å². The molecule has 1 heterocycles. The quantitative estimate of drug-likeness (QED) is 0.911. The van der Waals surface area contributed by atoms with Gasteiger partial charge in [0.15, 0.2) is 0 Å². The van der Waals surface area contributed by atoms with Crippen LogP contribution in [-0.2, 0) is 9.59 Å². The molecule has 0 aliphatic carbocycles. The van der Waals surface area contributed by atoms with Crippen molar-refractivity contribution < 1.29 is 14.3 Å². The second-order valence-corrected chi connectivity index (χ2v) is 6.10. The lowest BCUT2D eigenvalue weighted by molar-refractivity contribution is -0.143. The second kappa shape index (κ2) is 7.83. The van der Waals surface area contributed by atoms with Crippen LogP contribution in [0.3, 0.4) is 0 Å². The number of para-hydroxylation sites is 1. The van der Waals surface area contributed by atoms with Crippen molar-refractivity contribution >= 4 is 11.8 Å². The molecule has 0 radical (unpaired) electrons. The summed E-state index contributed by atoms with van der Waals surface area (Å²) in [5, 5.41) is 2.85. The molecule has 0 aromatic heterocycles. The van der Waals surface area contributed by atoms with Crippen LogP contribution in [0.25, 0.3) is 0 Å². The lowest BCUT2D eigenvalue weighted by Crippen LogP contribution is -2.52. The standard InChI is InChI=1S/C20H22N2O3/c1-15-7-9-16(10-8-15)19-20(24)21-12-13-22(19)18(23)11-14-25-17-5-3-2-4-6-17/h2-10,19H,11-14H2,1H3,(H,21,24). The van der Waals surface area contributed by atoms with Gasteiger partial charge in [0.05, 0.1) is 13.0 Å². The zero-order chi connectivity index (χ0) is 17.6. The smallest absolute Gasteiger partial charge is 0.247 e. The summed E-state index contributed by atoms with van der Waals surface area (Å²) in [7, 11) is 0. The molecular formula is C20H22N2O3. The highest BCUT2D eigenvalue weighted by Gasteiger charge is 2.33. The lowest BCUT2D eigenvalue weighted by atomic mass is 10.0. The van der Waals surface area contributed by atoms with Gasteiger partial charge in [0, 0.05) is 13.1 Å². The molecule has 2 aromatic rings. The molecule has 1 saturated heterocycles. The van der Waals surface area contributed by atoms with Gasteiger partial charge in [-0.3, -0.25) is 9.59 Å². The molecule has 0 spiro atoms. The van der Waals surface area contributed by atoms with E-state index in [-0.39, 0.29) is 18.2 Å². The van der Waals surface area contributed by atoms with Gasteiger partial charge >= 0.3 is 0 Å². The number of carbonyl (C=O) groups is 2. The number of carbonyl (C=O) groups excluding carboxylic acids is 2. The maximum Gasteiger partial charge on any atom is 0.247 e. The Balaban J connectivity index is 1.66. The number of hydrogen-bond donors (Lipinski definition) is 1. The van der Waals surface area contributed by atoms with Crippen LogP contribution in [0.4, 0.5) is 0 Å². The molecule has 0 bridgehead atoms. The number of rotatable bonds is 5. The number of nitrogens with one attached hydrogen (secondary N) is 1. The van der Waals surface area contributed by atoms with Crippen molar-refractivity contribution in [1.82, 2.24) is 10.2 Å². The molecule has 2 aromatic carbocycles. The Morgan fingerprint density at radius 1 is 1.16 bits per heavy atom. The van der Waals surface area contributed by atoms with E-state index in [1.54, 1.807) is 4.90 Å². The summed E-state index contributed by atoms with van der Waals surface area (Å²) in [6.45, 7) is 3.27. The maximum absolute atomic E-state index is 12.7. The van der Waals surface area contributed by atoms with Gasteiger partial charge in [0.2, 0.25) is 11.8 Å². The fourth-order valence-corrected chi connectivity index (χ4v) is 2.93. The van der Waals surface area contributed by atoms with Gasteiger partial charge in [-0.05, 0) is 24.6 Å². The van der Waals surface area contributed by atoms with E-state index in [0.29, 0.717) is 19.7 Å². The fraction of sp³-hybridized carbons (Fsp3) is 0.300. The number of benzene rings is 2. The average Bonchev–Trinajstić information content (AvgIpc) is 2.63. The van der Waals surface area contributed by atoms with Crippen LogP contribution >= 0.6 is 0 Å². The van der Waals surface area contributed by atoms with Crippen molar-refractivity contribution in [2.24, 2.45) is 0 Å². The minimum Gasteiger partial charge on any atom is -0.493 e. The molecule has 2 amide bonds. The Hall–Kier alpha value is -2.82. The van der Waals surface area contributed by atoms with Crippen molar-refractivity contribution in [1.29, 1.82) is 0 Å². The Morgan fingerprint density at radius 3 is 2.60 bits per heavy atom. The fourth-order valence-electron chi connectivity index (χ4n) is 2.93. The van der Waals surface area contributed by atoms with E-state index in [9.17, 15) is 9.59 Å². The van der Waals surface area contributed by atoms with Gasteiger partial charge in [-0.15, -0.1) is 0 Å². The minimum atomic E-state index is -0.571. The highest BCUT2D eigenvalue weighted by atomic mass is 16.5. The van der Waals surface area contributed by atoms with Gasteiger partial charge in [-0.25, -0.2) is 0 Å². The molecule has 1 atom stereocenters. The minimum absolute atomic E-state index is 0.0728. The van der Waals surface area contributed by atoms with E-state index in [2.05, 4.69) is 5.32 Å².